The summed E-state index contributed by atoms with van der Waals surface area (Å²) in [6, 6.07) is 15.1. The van der Waals surface area contributed by atoms with E-state index < -0.39 is 33.3 Å². The number of aliphatic hydroxyl groups excluding tert-OH is 1. The number of benzene rings is 2. The Morgan fingerprint density at radius 2 is 1.70 bits per heavy atom. The third kappa shape index (κ3) is 6.09. The highest BCUT2D eigenvalue weighted by molar-refractivity contribution is 7.90. The molecule has 2 aromatic carbocycles. The third-order valence-electron chi connectivity index (χ3n) is 3.20. The van der Waals surface area contributed by atoms with Gasteiger partial charge in [-0.25, -0.2) is 12.8 Å². The smallest absolute Gasteiger partial charge is 0.157 e. The monoisotopic (exact) mass is 338 g/mol. The fourth-order valence-electron chi connectivity index (χ4n) is 2.14. The Morgan fingerprint density at radius 1 is 1.04 bits per heavy atom. The maximum Gasteiger partial charge on any atom is 0.157 e. The molecule has 0 aliphatic rings. The summed E-state index contributed by atoms with van der Waals surface area (Å²) in [5, 5.41) is 9.81. The lowest BCUT2D eigenvalue weighted by molar-refractivity contribution is 0.0390. The van der Waals surface area contributed by atoms with Gasteiger partial charge < -0.3 is 9.84 Å². The molecule has 0 aromatic heterocycles. The van der Waals surface area contributed by atoms with Crippen molar-refractivity contribution in [3.8, 4) is 0 Å². The third-order valence-corrected chi connectivity index (χ3v) is 4.84. The van der Waals surface area contributed by atoms with Crippen molar-refractivity contribution < 1.29 is 22.7 Å². The maximum atomic E-state index is 13.5. The van der Waals surface area contributed by atoms with Crippen molar-refractivity contribution in [3.63, 3.8) is 0 Å². The van der Waals surface area contributed by atoms with E-state index in [4.69, 9.17) is 4.74 Å². The van der Waals surface area contributed by atoms with Crippen LogP contribution in [0.1, 0.15) is 11.1 Å². The molecule has 0 heterocycles. The van der Waals surface area contributed by atoms with Gasteiger partial charge in [0.05, 0.1) is 30.8 Å². The summed E-state index contributed by atoms with van der Waals surface area (Å²) in [7, 11) is -3.62. The Bertz CT molecular complexity index is 716. The topological polar surface area (TPSA) is 63.6 Å². The van der Waals surface area contributed by atoms with Crippen LogP contribution in [0.3, 0.4) is 0 Å². The fraction of sp³-hybridized carbons (Fsp3) is 0.294. The van der Waals surface area contributed by atoms with Gasteiger partial charge >= 0.3 is 0 Å². The number of aliphatic hydroxyl groups is 1. The lowest BCUT2D eigenvalue weighted by Crippen LogP contribution is -2.26. The molecule has 0 amide bonds. The van der Waals surface area contributed by atoms with Gasteiger partial charge in [-0.2, -0.15) is 0 Å². The zero-order chi connectivity index (χ0) is 16.7. The van der Waals surface area contributed by atoms with Crippen LogP contribution in [0.15, 0.2) is 54.6 Å². The summed E-state index contributed by atoms with van der Waals surface area (Å²) in [6.45, 7) is 0.205. The minimum absolute atomic E-state index is 0.0919. The number of hydrogen-bond donors (Lipinski definition) is 1. The van der Waals surface area contributed by atoms with Crippen molar-refractivity contribution in [1.29, 1.82) is 0 Å². The second-order valence-corrected chi connectivity index (χ2v) is 7.41. The van der Waals surface area contributed by atoms with E-state index in [9.17, 15) is 17.9 Å². The maximum absolute atomic E-state index is 13.5. The largest absolute Gasteiger partial charge is 0.390 e. The fourth-order valence-corrected chi connectivity index (χ4v) is 3.65. The molecule has 0 bridgehead atoms. The van der Waals surface area contributed by atoms with Crippen LogP contribution in [-0.2, 0) is 26.9 Å². The van der Waals surface area contributed by atoms with E-state index in [1.54, 1.807) is 6.07 Å². The molecule has 0 aliphatic carbocycles. The van der Waals surface area contributed by atoms with Gasteiger partial charge in [0.15, 0.2) is 9.84 Å². The molecule has 0 aliphatic heterocycles. The van der Waals surface area contributed by atoms with E-state index in [1.807, 2.05) is 30.3 Å². The van der Waals surface area contributed by atoms with E-state index in [0.717, 1.165) is 5.56 Å². The van der Waals surface area contributed by atoms with E-state index in [1.165, 1.54) is 18.2 Å². The predicted octanol–water partition coefficient (Wildman–Crippen LogP) is 2.32. The first-order chi connectivity index (χ1) is 11.0. The van der Waals surface area contributed by atoms with Crippen LogP contribution in [-0.4, -0.2) is 32.0 Å². The number of hydrogen-bond acceptors (Lipinski definition) is 4. The van der Waals surface area contributed by atoms with Gasteiger partial charge in [0, 0.05) is 5.56 Å². The standard InChI is InChI=1S/C17H19FO4S/c18-17-9-5-4-8-15(17)12-23(20,21)13-16(19)11-22-10-14-6-2-1-3-7-14/h1-9,16,19H,10-13H2. The van der Waals surface area contributed by atoms with Gasteiger partial charge in [0.25, 0.3) is 0 Å². The molecule has 0 saturated heterocycles. The number of rotatable bonds is 8. The normalized spacial score (nSPS) is 13.0. The van der Waals surface area contributed by atoms with Crippen LogP contribution < -0.4 is 0 Å². The van der Waals surface area contributed by atoms with Gasteiger partial charge in [0.2, 0.25) is 0 Å². The molecule has 0 saturated carbocycles. The van der Waals surface area contributed by atoms with Gasteiger partial charge in [-0.1, -0.05) is 48.5 Å². The molecule has 0 fully saturated rings. The average molecular weight is 338 g/mol. The molecule has 4 nitrogen and oxygen atoms in total. The van der Waals surface area contributed by atoms with Crippen LogP contribution in [0, 0.1) is 5.82 Å². The first-order valence-electron chi connectivity index (χ1n) is 7.20. The first-order valence-corrected chi connectivity index (χ1v) is 9.02. The van der Waals surface area contributed by atoms with Crippen LogP contribution >= 0.6 is 0 Å². The molecule has 0 radical (unpaired) electrons. The first kappa shape index (κ1) is 17.6. The molecular weight excluding hydrogens is 319 g/mol. The minimum Gasteiger partial charge on any atom is -0.390 e. The Kier molecular flexibility index (Phi) is 6.27. The van der Waals surface area contributed by atoms with Crippen LogP contribution in [0.2, 0.25) is 0 Å². The summed E-state index contributed by atoms with van der Waals surface area (Å²) in [5.74, 6) is -1.46. The second-order valence-electron chi connectivity index (χ2n) is 5.30. The van der Waals surface area contributed by atoms with Crippen molar-refractivity contribution in [1.82, 2.24) is 0 Å². The molecule has 2 rings (SSSR count). The van der Waals surface area contributed by atoms with Crippen molar-refractivity contribution in [2.24, 2.45) is 0 Å². The number of halogens is 1. The van der Waals surface area contributed by atoms with Crippen molar-refractivity contribution >= 4 is 9.84 Å². The molecule has 1 N–H and O–H groups in total. The van der Waals surface area contributed by atoms with Gasteiger partial charge in [0.1, 0.15) is 5.82 Å². The Balaban J connectivity index is 1.81. The SMILES string of the molecule is O=S(=O)(Cc1ccccc1F)CC(O)COCc1ccccc1. The highest BCUT2D eigenvalue weighted by Crippen LogP contribution is 2.12. The van der Waals surface area contributed by atoms with E-state index in [2.05, 4.69) is 0 Å². The molecule has 1 atom stereocenters. The zero-order valence-electron chi connectivity index (χ0n) is 12.6. The summed E-state index contributed by atoms with van der Waals surface area (Å²) in [4.78, 5) is 0. The lowest BCUT2D eigenvalue weighted by atomic mass is 10.2. The van der Waals surface area contributed by atoms with Gasteiger partial charge in [-0.05, 0) is 11.6 Å². The molecule has 124 valence electrons. The highest BCUT2D eigenvalue weighted by Gasteiger charge is 2.19. The van der Waals surface area contributed by atoms with Crippen LogP contribution in [0.5, 0.6) is 0 Å². The van der Waals surface area contributed by atoms with Crippen molar-refractivity contribution in [3.05, 3.63) is 71.5 Å². The number of sulfone groups is 1. The van der Waals surface area contributed by atoms with Crippen LogP contribution in [0.4, 0.5) is 4.39 Å². The van der Waals surface area contributed by atoms with Gasteiger partial charge in [-0.3, -0.25) is 0 Å². The molecule has 0 spiro atoms. The molecule has 1 unspecified atom stereocenters. The Labute approximate surface area is 135 Å². The highest BCUT2D eigenvalue weighted by atomic mass is 32.2. The Hall–Kier alpha value is -1.76. The summed E-state index contributed by atoms with van der Waals surface area (Å²) >= 11 is 0. The molecule has 23 heavy (non-hydrogen) atoms. The average Bonchev–Trinajstić information content (AvgIpc) is 2.50. The molecule has 2 aromatic rings. The van der Waals surface area contributed by atoms with E-state index in [0.29, 0.717) is 6.61 Å². The van der Waals surface area contributed by atoms with Gasteiger partial charge in [-0.15, -0.1) is 0 Å². The molecular formula is C17H19FO4S. The number of ether oxygens (including phenoxy) is 1. The Morgan fingerprint density at radius 3 is 2.39 bits per heavy atom. The quantitative estimate of drug-likeness (QED) is 0.802. The molecule has 6 heteroatoms. The lowest BCUT2D eigenvalue weighted by Gasteiger charge is -2.12. The zero-order valence-corrected chi connectivity index (χ0v) is 13.4. The van der Waals surface area contributed by atoms with E-state index in [-0.39, 0.29) is 12.2 Å². The van der Waals surface area contributed by atoms with Crippen molar-refractivity contribution in [2.75, 3.05) is 12.4 Å². The van der Waals surface area contributed by atoms with Crippen molar-refractivity contribution in [2.45, 2.75) is 18.5 Å². The summed E-state index contributed by atoms with van der Waals surface area (Å²) < 4.78 is 42.8. The van der Waals surface area contributed by atoms with E-state index >= 15 is 0 Å². The minimum atomic E-state index is -3.62. The predicted molar refractivity (Wildman–Crippen MR) is 86.0 cm³/mol. The second kappa shape index (κ2) is 8.19. The summed E-state index contributed by atoms with van der Waals surface area (Å²) in [5.41, 5.74) is 1.04. The van der Waals surface area contributed by atoms with Crippen LogP contribution in [0.25, 0.3) is 0 Å². The summed E-state index contributed by atoms with van der Waals surface area (Å²) in [6.07, 6.45) is -1.14.